The average Bonchev–Trinajstić information content (AvgIpc) is 3.14. The van der Waals surface area contributed by atoms with Gasteiger partial charge in [-0.15, -0.1) is 0 Å². The van der Waals surface area contributed by atoms with E-state index in [4.69, 9.17) is 5.14 Å². The number of primary sulfonamides is 1. The van der Waals surface area contributed by atoms with Crippen LogP contribution in [0, 0.1) is 6.92 Å². The molecule has 0 bridgehead atoms. The topological polar surface area (TPSA) is 147 Å². The number of carbonyl (C=O) groups excluding carboxylic acids is 2. The van der Waals surface area contributed by atoms with Gasteiger partial charge in [0.1, 0.15) is 11.4 Å². The van der Waals surface area contributed by atoms with Crippen LogP contribution in [0.4, 0.5) is 13.2 Å². The smallest absolute Gasteiger partial charge is 0.274 e. The Morgan fingerprint density at radius 1 is 1.07 bits per heavy atom. The molecule has 0 atom stereocenters. The van der Waals surface area contributed by atoms with Gasteiger partial charge in [0.2, 0.25) is 26.0 Å². The first-order chi connectivity index (χ1) is 18.4. The third kappa shape index (κ3) is 5.73. The van der Waals surface area contributed by atoms with Crippen LogP contribution in [0.15, 0.2) is 57.8 Å². The molecule has 0 unspecified atom stereocenters. The summed E-state index contributed by atoms with van der Waals surface area (Å²) in [5.74, 6) is -1.65. The summed E-state index contributed by atoms with van der Waals surface area (Å²) in [4.78, 5) is 30.7. The number of piperidine rings is 1. The Labute approximate surface area is 229 Å². The third-order valence-corrected chi connectivity index (χ3v) is 9.27. The number of nitrogens with zero attached hydrogens (tertiary/aromatic N) is 3. The Bertz CT molecular complexity index is 1660. The summed E-state index contributed by atoms with van der Waals surface area (Å²) in [6.07, 6.45) is -3.52. The molecule has 15 heteroatoms. The summed E-state index contributed by atoms with van der Waals surface area (Å²) in [5, 5.41) is 6.08. The van der Waals surface area contributed by atoms with E-state index in [1.165, 1.54) is 30.3 Å². The fraction of sp³-hybridized carbons (Fsp3) is 0.320. The molecule has 0 saturated carbocycles. The van der Waals surface area contributed by atoms with Gasteiger partial charge in [0.25, 0.3) is 5.91 Å². The van der Waals surface area contributed by atoms with Crippen LogP contribution in [0.1, 0.15) is 42.0 Å². The number of imide groups is 1. The second-order valence-corrected chi connectivity index (χ2v) is 12.9. The molecule has 1 spiro atoms. The number of amidine groups is 1. The molecule has 0 radical (unpaired) electrons. The molecule has 1 fully saturated rings. The van der Waals surface area contributed by atoms with Gasteiger partial charge in [0.15, 0.2) is 0 Å². The maximum absolute atomic E-state index is 13.3. The number of rotatable bonds is 5. The number of carbonyl (C=O) groups is 2. The Kier molecular flexibility index (Phi) is 7.55. The Balaban J connectivity index is 1.57. The highest BCUT2D eigenvalue weighted by atomic mass is 32.2. The number of nitrogens with two attached hydrogens (primary N) is 1. The van der Waals surface area contributed by atoms with Gasteiger partial charge in [-0.1, -0.05) is 18.2 Å². The first-order valence-electron chi connectivity index (χ1n) is 11.9. The van der Waals surface area contributed by atoms with Crippen molar-refractivity contribution in [1.82, 2.24) is 9.21 Å². The van der Waals surface area contributed by atoms with Gasteiger partial charge >= 0.3 is 6.18 Å². The summed E-state index contributed by atoms with van der Waals surface area (Å²) >= 11 is 0. The summed E-state index contributed by atoms with van der Waals surface area (Å²) in [7, 11) is -7.89. The summed E-state index contributed by atoms with van der Waals surface area (Å²) in [6, 6.07) is 8.14. The van der Waals surface area contributed by atoms with Crippen molar-refractivity contribution in [3.63, 3.8) is 0 Å². The molecule has 1 saturated heterocycles. The molecule has 2 aliphatic heterocycles. The predicted octanol–water partition coefficient (Wildman–Crippen LogP) is 2.63. The van der Waals surface area contributed by atoms with Crippen molar-refractivity contribution in [2.45, 2.75) is 43.3 Å². The number of hydrogen-bond acceptors (Lipinski definition) is 7. The minimum absolute atomic E-state index is 0.0583. The first-order valence-corrected chi connectivity index (χ1v) is 14.9. The van der Waals surface area contributed by atoms with E-state index in [0.717, 1.165) is 39.7 Å². The number of sulfonamides is 2. The van der Waals surface area contributed by atoms with Crippen molar-refractivity contribution in [3.05, 3.63) is 70.1 Å². The molecule has 0 aromatic heterocycles. The Morgan fingerprint density at radius 2 is 1.73 bits per heavy atom. The monoisotopic (exact) mass is 598 g/mol. The number of aryl methyl sites for hydroxylation is 1. The third-order valence-electron chi connectivity index (χ3n) is 6.79. The van der Waals surface area contributed by atoms with E-state index in [1.54, 1.807) is 6.92 Å². The molecule has 2 amide bonds. The van der Waals surface area contributed by atoms with Gasteiger partial charge in [-0.2, -0.15) is 17.5 Å². The summed E-state index contributed by atoms with van der Waals surface area (Å²) < 4.78 is 90.0. The second-order valence-electron chi connectivity index (χ2n) is 9.52. The molecule has 2 aromatic rings. The zero-order chi connectivity index (χ0) is 29.7. The lowest BCUT2D eigenvalue weighted by Crippen LogP contribution is -2.51. The summed E-state index contributed by atoms with van der Waals surface area (Å²) in [6.45, 7) is 2.43. The van der Waals surface area contributed by atoms with Crippen molar-refractivity contribution in [1.29, 1.82) is 0 Å². The Morgan fingerprint density at radius 3 is 2.27 bits per heavy atom. The highest BCUT2D eigenvalue weighted by molar-refractivity contribution is 7.92. The zero-order valence-electron chi connectivity index (χ0n) is 21.3. The van der Waals surface area contributed by atoms with E-state index in [1.807, 2.05) is 0 Å². The molecule has 4 rings (SSSR count). The highest BCUT2D eigenvalue weighted by Crippen LogP contribution is 2.37. The van der Waals surface area contributed by atoms with Crippen LogP contribution >= 0.6 is 0 Å². The predicted molar refractivity (Wildman–Crippen MR) is 140 cm³/mol. The maximum atomic E-state index is 13.3. The molecule has 2 aromatic carbocycles. The number of alkyl halides is 3. The van der Waals surface area contributed by atoms with E-state index in [9.17, 15) is 39.6 Å². The molecular formula is C25H25F3N4O6S2. The van der Waals surface area contributed by atoms with Gasteiger partial charge in [0.05, 0.1) is 10.5 Å². The standard InChI is InChI=1S/C25H25F3N4O6S2/c1-16-14-21(40(29,37)38)7-6-18(16)8-13-39(35,36)31-11-9-24(10-12-31)23(34)32(17(2)33)22(30-24)19-4-3-5-20(15-19)25(26,27)28/h3-8,13-15H,9-12H2,1-2H3,(H2,29,37,38)/b13-8+. The summed E-state index contributed by atoms with van der Waals surface area (Å²) in [5.41, 5.74) is -1.59. The molecular weight excluding hydrogens is 573 g/mol. The molecule has 214 valence electrons. The van der Waals surface area contributed by atoms with Crippen LogP contribution in [0.2, 0.25) is 0 Å². The number of halogens is 3. The largest absolute Gasteiger partial charge is 0.416 e. The lowest BCUT2D eigenvalue weighted by atomic mass is 9.88. The van der Waals surface area contributed by atoms with Crippen LogP contribution in [0.25, 0.3) is 6.08 Å². The van der Waals surface area contributed by atoms with Crippen LogP contribution in [0.5, 0.6) is 0 Å². The average molecular weight is 599 g/mol. The molecule has 0 aliphatic carbocycles. The number of hydrogen-bond donors (Lipinski definition) is 1. The second kappa shape index (κ2) is 10.2. The molecule has 2 heterocycles. The minimum atomic E-state index is -4.64. The molecule has 10 nitrogen and oxygen atoms in total. The van der Waals surface area contributed by atoms with Crippen molar-refractivity contribution < 1.29 is 39.6 Å². The number of benzene rings is 2. The van der Waals surface area contributed by atoms with Crippen molar-refractivity contribution in [2.75, 3.05) is 13.1 Å². The van der Waals surface area contributed by atoms with E-state index in [-0.39, 0.29) is 42.2 Å². The SMILES string of the molecule is CC(=O)N1C(=O)C2(CCN(S(=O)(=O)/C=C/c3ccc(S(N)(=O)=O)cc3C)CC2)N=C1c1cccc(C(F)(F)F)c1. The van der Waals surface area contributed by atoms with Crippen LogP contribution in [0.3, 0.4) is 0 Å². The van der Waals surface area contributed by atoms with E-state index in [2.05, 4.69) is 4.99 Å². The van der Waals surface area contributed by atoms with Crippen molar-refractivity contribution >= 4 is 43.8 Å². The van der Waals surface area contributed by atoms with E-state index >= 15 is 0 Å². The highest BCUT2D eigenvalue weighted by Gasteiger charge is 2.52. The van der Waals surface area contributed by atoms with Gasteiger partial charge < -0.3 is 0 Å². The minimum Gasteiger partial charge on any atom is -0.274 e. The van der Waals surface area contributed by atoms with Crippen LogP contribution < -0.4 is 5.14 Å². The molecule has 40 heavy (non-hydrogen) atoms. The van der Waals surface area contributed by atoms with E-state index in [0.29, 0.717) is 11.1 Å². The number of aliphatic imine (C=N–C) groups is 1. The van der Waals surface area contributed by atoms with E-state index < -0.39 is 49.1 Å². The van der Waals surface area contributed by atoms with Gasteiger partial charge in [-0.3, -0.25) is 14.6 Å². The fourth-order valence-electron chi connectivity index (χ4n) is 4.62. The molecule has 2 aliphatic rings. The maximum Gasteiger partial charge on any atom is 0.416 e. The lowest BCUT2D eigenvalue weighted by Gasteiger charge is -2.34. The van der Waals surface area contributed by atoms with Gasteiger partial charge in [-0.05, 0) is 61.2 Å². The van der Waals surface area contributed by atoms with Crippen molar-refractivity contribution in [2.24, 2.45) is 10.1 Å². The lowest BCUT2D eigenvalue weighted by molar-refractivity contribution is -0.141. The normalized spacial score (nSPS) is 18.5. The fourth-order valence-corrected chi connectivity index (χ4v) is 6.40. The first kappa shape index (κ1) is 29.6. The quantitative estimate of drug-likeness (QED) is 0.560. The van der Waals surface area contributed by atoms with Crippen LogP contribution in [-0.2, 0) is 35.8 Å². The Hall–Kier alpha value is -3.40. The molecule has 2 N–H and O–H groups in total. The van der Waals surface area contributed by atoms with Gasteiger partial charge in [0, 0.05) is 31.0 Å². The van der Waals surface area contributed by atoms with Crippen molar-refractivity contribution in [3.8, 4) is 0 Å². The zero-order valence-corrected chi connectivity index (χ0v) is 23.0. The van der Waals surface area contributed by atoms with Gasteiger partial charge in [-0.25, -0.2) is 26.9 Å². The van der Waals surface area contributed by atoms with Crippen LogP contribution in [-0.4, -0.2) is 62.3 Å². The number of amides is 2.